The third kappa shape index (κ3) is 4.31. The smallest absolute Gasteiger partial charge is 0.417 e. The van der Waals surface area contributed by atoms with Crippen molar-refractivity contribution in [2.75, 3.05) is 19.1 Å². The van der Waals surface area contributed by atoms with E-state index in [1.807, 2.05) is 24.3 Å². The number of para-hydroxylation sites is 1. The highest BCUT2D eigenvalue weighted by molar-refractivity contribution is 5.92. The monoisotopic (exact) mass is 440 g/mol. The summed E-state index contributed by atoms with van der Waals surface area (Å²) in [5, 5.41) is 12.5. The second-order valence-corrected chi connectivity index (χ2v) is 8.52. The van der Waals surface area contributed by atoms with Gasteiger partial charge in [0, 0.05) is 18.5 Å². The second kappa shape index (κ2) is 9.00. The summed E-state index contributed by atoms with van der Waals surface area (Å²) < 4.78 is 16.4. The molecule has 170 valence electrons. The van der Waals surface area contributed by atoms with Crippen molar-refractivity contribution in [2.24, 2.45) is 0 Å². The topological polar surface area (TPSA) is 91.1 Å². The Morgan fingerprint density at radius 2 is 1.91 bits per heavy atom. The number of hydrogen-bond acceptors (Lipinski definition) is 6. The molecule has 1 aliphatic heterocycles. The molecule has 0 saturated heterocycles. The number of hydrogen-bond donors (Lipinski definition) is 0. The fourth-order valence-electron chi connectivity index (χ4n) is 3.92. The first-order valence-electron chi connectivity index (χ1n) is 10.2. The van der Waals surface area contributed by atoms with Gasteiger partial charge in [0.15, 0.2) is 0 Å². The summed E-state index contributed by atoms with van der Waals surface area (Å²) in [7, 11) is 2.94. The number of ether oxygens (including phenoxy) is 3. The van der Waals surface area contributed by atoms with Crippen molar-refractivity contribution in [3.05, 3.63) is 75.8 Å². The fraction of sp³-hybridized carbons (Fsp3) is 0.375. The van der Waals surface area contributed by atoms with Crippen LogP contribution in [0.5, 0.6) is 5.75 Å². The van der Waals surface area contributed by atoms with E-state index in [4.69, 9.17) is 14.2 Å². The van der Waals surface area contributed by atoms with Crippen LogP contribution in [-0.2, 0) is 15.0 Å². The normalized spacial score (nSPS) is 20.3. The van der Waals surface area contributed by atoms with Crippen molar-refractivity contribution >= 4 is 17.9 Å². The lowest BCUT2D eigenvalue weighted by molar-refractivity contribution is -0.590. The number of nitro groups is 1. The Labute approximate surface area is 187 Å². The van der Waals surface area contributed by atoms with Crippen LogP contribution < -0.4 is 9.64 Å². The minimum Gasteiger partial charge on any atom is -0.497 e. The maximum atomic E-state index is 13.0. The molecule has 32 heavy (non-hydrogen) atoms. The van der Waals surface area contributed by atoms with E-state index in [0.29, 0.717) is 17.0 Å². The summed E-state index contributed by atoms with van der Waals surface area (Å²) in [5.41, 5.74) is -0.821. The molecule has 8 nitrogen and oxygen atoms in total. The highest BCUT2D eigenvalue weighted by Gasteiger charge is 2.63. The summed E-state index contributed by atoms with van der Waals surface area (Å²) in [6, 6.07) is 14.1. The number of carbonyl (C=O) groups is 1. The summed E-state index contributed by atoms with van der Waals surface area (Å²) >= 11 is 0. The maximum absolute atomic E-state index is 13.0. The molecule has 0 saturated carbocycles. The predicted molar refractivity (Wildman–Crippen MR) is 121 cm³/mol. The van der Waals surface area contributed by atoms with Crippen LogP contribution in [0.2, 0.25) is 0 Å². The number of nitrogens with zero attached hydrogens (tertiary/aromatic N) is 2. The van der Waals surface area contributed by atoms with Gasteiger partial charge in [-0.15, -0.1) is 0 Å². The molecule has 0 radical (unpaired) electrons. The van der Waals surface area contributed by atoms with Gasteiger partial charge in [-0.2, -0.15) is 0 Å². The van der Waals surface area contributed by atoms with Gasteiger partial charge in [0.1, 0.15) is 11.4 Å². The first kappa shape index (κ1) is 23.3. The summed E-state index contributed by atoms with van der Waals surface area (Å²) in [5.74, 6) is 0.688. The van der Waals surface area contributed by atoms with E-state index < -0.39 is 23.5 Å². The Bertz CT molecular complexity index is 1030. The van der Waals surface area contributed by atoms with Gasteiger partial charge in [0.2, 0.25) is 6.23 Å². The van der Waals surface area contributed by atoms with Crippen LogP contribution in [0.3, 0.4) is 0 Å². The Kier molecular flexibility index (Phi) is 6.55. The van der Waals surface area contributed by atoms with Crippen LogP contribution in [0.4, 0.5) is 10.5 Å². The first-order chi connectivity index (χ1) is 15.1. The standard InChI is InChI=1S/C24H28N2O6/c1-23(2,3)32-22(27)25-20-14-7-6-13-19(20)24(26(28)29,21(25)31-5)15-9-11-17-10-8-12-18(16-17)30-4/h6-14,16,21H,15H2,1-5H3/b11-9+/t21-,24-/m1/s1. The van der Waals surface area contributed by atoms with Gasteiger partial charge < -0.3 is 14.2 Å². The highest BCUT2D eigenvalue weighted by Crippen LogP contribution is 2.49. The second-order valence-electron chi connectivity index (χ2n) is 8.52. The van der Waals surface area contributed by atoms with Crippen LogP contribution in [-0.4, -0.2) is 37.1 Å². The SMILES string of the molecule is COc1cccc(/C=C/C[C@@]2([N+](=O)[O-])c3ccccc3N(C(=O)OC(C)(C)C)[C@@H]2OC)c1. The number of rotatable bonds is 6. The van der Waals surface area contributed by atoms with E-state index in [-0.39, 0.29) is 11.3 Å². The third-order valence-corrected chi connectivity index (χ3v) is 5.25. The molecule has 1 heterocycles. The van der Waals surface area contributed by atoms with E-state index in [2.05, 4.69) is 0 Å². The molecule has 8 heteroatoms. The van der Waals surface area contributed by atoms with Gasteiger partial charge in [-0.1, -0.05) is 36.4 Å². The summed E-state index contributed by atoms with van der Waals surface area (Å²) in [4.78, 5) is 26.4. The number of fused-ring (bicyclic) bond motifs is 1. The number of amides is 1. The number of methoxy groups -OCH3 is 2. The van der Waals surface area contributed by atoms with E-state index in [1.165, 1.54) is 12.0 Å². The van der Waals surface area contributed by atoms with Crippen LogP contribution in [0.15, 0.2) is 54.6 Å². The zero-order chi connectivity index (χ0) is 23.5. The van der Waals surface area contributed by atoms with Crippen molar-refractivity contribution in [1.29, 1.82) is 0 Å². The molecule has 0 spiro atoms. The molecule has 0 bridgehead atoms. The molecule has 3 rings (SSSR count). The molecule has 0 N–H and O–H groups in total. The largest absolute Gasteiger partial charge is 0.497 e. The molecule has 2 atom stereocenters. The van der Waals surface area contributed by atoms with Crippen molar-refractivity contribution in [2.45, 2.75) is 44.6 Å². The molecule has 0 aliphatic carbocycles. The molecule has 0 aromatic heterocycles. The molecular formula is C24H28N2O6. The van der Waals surface area contributed by atoms with Gasteiger partial charge in [0.25, 0.3) is 5.54 Å². The van der Waals surface area contributed by atoms with Gasteiger partial charge in [0.05, 0.1) is 18.4 Å². The lowest BCUT2D eigenvalue weighted by atomic mass is 9.87. The lowest BCUT2D eigenvalue weighted by Gasteiger charge is -2.31. The average molecular weight is 440 g/mol. The lowest BCUT2D eigenvalue weighted by Crippen LogP contribution is -2.53. The van der Waals surface area contributed by atoms with Gasteiger partial charge in [-0.05, 0) is 50.6 Å². The average Bonchev–Trinajstić information content (AvgIpc) is 3.03. The van der Waals surface area contributed by atoms with Crippen molar-refractivity contribution in [3.8, 4) is 5.75 Å². The van der Waals surface area contributed by atoms with Gasteiger partial charge >= 0.3 is 6.09 Å². The van der Waals surface area contributed by atoms with Gasteiger partial charge in [-0.3, -0.25) is 10.1 Å². The van der Waals surface area contributed by atoms with E-state index in [1.54, 1.807) is 64.3 Å². The molecule has 2 aromatic rings. The molecule has 1 aliphatic rings. The molecule has 0 unspecified atom stereocenters. The van der Waals surface area contributed by atoms with Crippen LogP contribution in [0.25, 0.3) is 6.08 Å². The molecule has 2 aromatic carbocycles. The predicted octanol–water partition coefficient (Wildman–Crippen LogP) is 5.00. The molecule has 1 amide bonds. The Balaban J connectivity index is 2.04. The van der Waals surface area contributed by atoms with Crippen LogP contribution in [0.1, 0.15) is 38.3 Å². The summed E-state index contributed by atoms with van der Waals surface area (Å²) in [6.07, 6.45) is 1.64. The quantitative estimate of drug-likeness (QED) is 0.464. The number of carbonyl (C=O) groups excluding carboxylic acids is 1. The zero-order valence-corrected chi connectivity index (χ0v) is 18.9. The summed E-state index contributed by atoms with van der Waals surface area (Å²) in [6.45, 7) is 5.23. The van der Waals surface area contributed by atoms with Crippen molar-refractivity contribution in [1.82, 2.24) is 0 Å². The minimum atomic E-state index is -1.70. The van der Waals surface area contributed by atoms with E-state index >= 15 is 0 Å². The van der Waals surface area contributed by atoms with E-state index in [9.17, 15) is 14.9 Å². The number of anilines is 1. The zero-order valence-electron chi connectivity index (χ0n) is 18.9. The van der Waals surface area contributed by atoms with Crippen molar-refractivity contribution < 1.29 is 23.9 Å². The first-order valence-corrected chi connectivity index (χ1v) is 10.2. The molecule has 0 fully saturated rings. The van der Waals surface area contributed by atoms with Crippen LogP contribution >= 0.6 is 0 Å². The molecular weight excluding hydrogens is 412 g/mol. The highest BCUT2D eigenvalue weighted by atomic mass is 16.6. The number of benzene rings is 2. The van der Waals surface area contributed by atoms with Crippen molar-refractivity contribution in [3.63, 3.8) is 0 Å². The Morgan fingerprint density at radius 3 is 2.53 bits per heavy atom. The third-order valence-electron chi connectivity index (χ3n) is 5.25. The maximum Gasteiger partial charge on any atom is 0.417 e. The Morgan fingerprint density at radius 1 is 1.19 bits per heavy atom. The van der Waals surface area contributed by atoms with Gasteiger partial charge in [-0.25, -0.2) is 9.69 Å². The fourth-order valence-corrected chi connectivity index (χ4v) is 3.92. The van der Waals surface area contributed by atoms with Crippen LogP contribution in [0, 0.1) is 10.1 Å². The van der Waals surface area contributed by atoms with E-state index in [0.717, 1.165) is 5.56 Å². The Hall–Kier alpha value is -3.39. The minimum absolute atomic E-state index is 0.00598.